The first-order valence-electron chi connectivity index (χ1n) is 11.2. The molecule has 1 aliphatic rings. The number of carbonyl (C=O) groups is 3. The SMILES string of the molecule is C=CCC(NC(=O)OCC1c2ccccc2-c2ccccc21)C(=O)N(C)Cc1ccc(C(=O)O)o1. The minimum Gasteiger partial charge on any atom is -0.475 e. The van der Waals surface area contributed by atoms with E-state index in [4.69, 9.17) is 14.3 Å². The monoisotopic (exact) mass is 474 g/mol. The predicted molar refractivity (Wildman–Crippen MR) is 129 cm³/mol. The van der Waals surface area contributed by atoms with E-state index in [2.05, 4.69) is 24.0 Å². The first kappa shape index (κ1) is 23.8. The molecule has 2 aromatic carbocycles. The highest BCUT2D eigenvalue weighted by molar-refractivity contribution is 5.86. The van der Waals surface area contributed by atoms with Crippen molar-refractivity contribution in [2.75, 3.05) is 13.7 Å². The van der Waals surface area contributed by atoms with Crippen LogP contribution >= 0.6 is 0 Å². The molecule has 3 aromatic rings. The topological polar surface area (TPSA) is 109 Å². The van der Waals surface area contributed by atoms with Crippen molar-refractivity contribution in [3.63, 3.8) is 0 Å². The number of likely N-dealkylation sites (N-methyl/N-ethyl adjacent to an activating group) is 1. The van der Waals surface area contributed by atoms with Gasteiger partial charge in [-0.15, -0.1) is 6.58 Å². The van der Waals surface area contributed by atoms with Gasteiger partial charge in [0, 0.05) is 13.0 Å². The summed E-state index contributed by atoms with van der Waals surface area (Å²) in [5.41, 5.74) is 4.45. The van der Waals surface area contributed by atoms with Gasteiger partial charge in [0.25, 0.3) is 0 Å². The third kappa shape index (κ3) is 5.11. The Kier molecular flexibility index (Phi) is 7.01. The maximum atomic E-state index is 13.0. The fourth-order valence-corrected chi connectivity index (χ4v) is 4.33. The molecule has 2 amide bonds. The number of carbonyl (C=O) groups excluding carboxylic acids is 2. The Labute approximate surface area is 202 Å². The van der Waals surface area contributed by atoms with Crippen molar-refractivity contribution in [2.24, 2.45) is 0 Å². The average molecular weight is 475 g/mol. The van der Waals surface area contributed by atoms with Crippen LogP contribution in [0.15, 0.2) is 77.7 Å². The normalized spacial score (nSPS) is 12.8. The first-order chi connectivity index (χ1) is 16.9. The summed E-state index contributed by atoms with van der Waals surface area (Å²) in [5.74, 6) is -1.55. The van der Waals surface area contributed by atoms with E-state index >= 15 is 0 Å². The van der Waals surface area contributed by atoms with Gasteiger partial charge in [-0.25, -0.2) is 9.59 Å². The quantitative estimate of drug-likeness (QED) is 0.445. The number of fused-ring (bicyclic) bond motifs is 3. The minimum absolute atomic E-state index is 0.0477. The highest BCUT2D eigenvalue weighted by atomic mass is 16.5. The van der Waals surface area contributed by atoms with Gasteiger partial charge < -0.3 is 24.5 Å². The van der Waals surface area contributed by atoms with Crippen LogP contribution in [0.25, 0.3) is 11.1 Å². The van der Waals surface area contributed by atoms with Crippen LogP contribution in [0.2, 0.25) is 0 Å². The lowest BCUT2D eigenvalue weighted by Crippen LogP contribution is -2.47. The molecule has 2 N–H and O–H groups in total. The molecule has 0 aliphatic heterocycles. The summed E-state index contributed by atoms with van der Waals surface area (Å²) in [6.45, 7) is 3.85. The number of aromatic carboxylic acids is 1. The summed E-state index contributed by atoms with van der Waals surface area (Å²) in [5, 5.41) is 11.6. The lowest BCUT2D eigenvalue weighted by atomic mass is 9.98. The molecule has 1 aromatic heterocycles. The number of nitrogens with one attached hydrogen (secondary N) is 1. The summed E-state index contributed by atoms with van der Waals surface area (Å²) in [6.07, 6.45) is 1.04. The van der Waals surface area contributed by atoms with Crippen molar-refractivity contribution in [3.05, 3.63) is 96.0 Å². The van der Waals surface area contributed by atoms with Gasteiger partial charge in [0.1, 0.15) is 18.4 Å². The van der Waals surface area contributed by atoms with Crippen molar-refractivity contribution < 1.29 is 28.6 Å². The third-order valence-electron chi connectivity index (χ3n) is 5.98. The van der Waals surface area contributed by atoms with Crippen LogP contribution in [0.4, 0.5) is 4.79 Å². The predicted octanol–water partition coefficient (Wildman–Crippen LogP) is 4.42. The molecular formula is C27H26N2O6. The van der Waals surface area contributed by atoms with Crippen LogP contribution in [-0.2, 0) is 16.1 Å². The Hall–Kier alpha value is -4.33. The number of alkyl carbamates (subject to hydrolysis) is 1. The van der Waals surface area contributed by atoms with Gasteiger partial charge in [-0.1, -0.05) is 54.6 Å². The average Bonchev–Trinajstić information content (AvgIpc) is 3.45. The van der Waals surface area contributed by atoms with E-state index in [-0.39, 0.29) is 37.2 Å². The molecule has 8 nitrogen and oxygen atoms in total. The Bertz CT molecular complexity index is 1220. The van der Waals surface area contributed by atoms with E-state index in [1.165, 1.54) is 23.1 Å². The molecule has 0 spiro atoms. The first-order valence-corrected chi connectivity index (χ1v) is 11.2. The van der Waals surface area contributed by atoms with Gasteiger partial charge in [-0.05, 0) is 40.8 Å². The molecule has 8 heteroatoms. The Morgan fingerprint density at radius 1 is 1.09 bits per heavy atom. The molecule has 0 bridgehead atoms. The molecule has 4 rings (SSSR count). The molecule has 1 heterocycles. The lowest BCUT2D eigenvalue weighted by molar-refractivity contribution is -0.132. The van der Waals surface area contributed by atoms with Gasteiger partial charge in [0.05, 0.1) is 6.54 Å². The summed E-state index contributed by atoms with van der Waals surface area (Å²) in [7, 11) is 1.54. The molecule has 0 saturated carbocycles. The number of hydrogen-bond donors (Lipinski definition) is 2. The number of carboxylic acids is 1. The Morgan fingerprint density at radius 2 is 1.71 bits per heavy atom. The zero-order chi connectivity index (χ0) is 24.9. The van der Waals surface area contributed by atoms with E-state index < -0.39 is 18.1 Å². The van der Waals surface area contributed by atoms with Crippen LogP contribution in [0, 0.1) is 0 Å². The van der Waals surface area contributed by atoms with Crippen LogP contribution < -0.4 is 5.32 Å². The highest BCUT2D eigenvalue weighted by Crippen LogP contribution is 2.44. The number of ether oxygens (including phenoxy) is 1. The van der Waals surface area contributed by atoms with Crippen LogP contribution in [0.5, 0.6) is 0 Å². The zero-order valence-corrected chi connectivity index (χ0v) is 19.3. The van der Waals surface area contributed by atoms with E-state index in [0.29, 0.717) is 5.76 Å². The van der Waals surface area contributed by atoms with Crippen molar-refractivity contribution in [1.29, 1.82) is 0 Å². The minimum atomic E-state index is -1.19. The molecule has 1 atom stereocenters. The van der Waals surface area contributed by atoms with Crippen molar-refractivity contribution in [1.82, 2.24) is 10.2 Å². The third-order valence-corrected chi connectivity index (χ3v) is 5.98. The summed E-state index contributed by atoms with van der Waals surface area (Å²) in [4.78, 5) is 37.9. The van der Waals surface area contributed by atoms with E-state index in [0.717, 1.165) is 22.3 Å². The van der Waals surface area contributed by atoms with E-state index in [1.54, 1.807) is 7.05 Å². The molecule has 1 unspecified atom stereocenters. The van der Waals surface area contributed by atoms with Crippen molar-refractivity contribution in [3.8, 4) is 11.1 Å². The highest BCUT2D eigenvalue weighted by Gasteiger charge is 2.30. The van der Waals surface area contributed by atoms with Gasteiger partial charge in [-0.2, -0.15) is 0 Å². The number of carboxylic acid groups (broad SMARTS) is 1. The van der Waals surface area contributed by atoms with Gasteiger partial charge >= 0.3 is 12.1 Å². The summed E-state index contributed by atoms with van der Waals surface area (Å²) >= 11 is 0. The summed E-state index contributed by atoms with van der Waals surface area (Å²) in [6, 6.07) is 18.0. The summed E-state index contributed by atoms with van der Waals surface area (Å²) < 4.78 is 10.8. The fourth-order valence-electron chi connectivity index (χ4n) is 4.33. The second-order valence-electron chi connectivity index (χ2n) is 8.31. The van der Waals surface area contributed by atoms with Crippen LogP contribution in [-0.4, -0.2) is 47.7 Å². The number of furan rings is 1. The standard InChI is InChI=1S/C27H26N2O6/c1-3-8-23(25(30)29(2)15-17-13-14-24(35-17)26(31)32)28-27(33)34-16-22-20-11-6-4-9-18(20)19-10-5-7-12-21(19)22/h3-7,9-14,22-23H,1,8,15-16H2,2H3,(H,28,33)(H,31,32). The number of hydrogen-bond acceptors (Lipinski definition) is 5. The maximum Gasteiger partial charge on any atom is 0.407 e. The Morgan fingerprint density at radius 3 is 2.29 bits per heavy atom. The second kappa shape index (κ2) is 10.3. The number of rotatable bonds is 9. The molecule has 0 fully saturated rings. The zero-order valence-electron chi connectivity index (χ0n) is 19.3. The fraction of sp³-hybridized carbons (Fsp3) is 0.222. The Balaban J connectivity index is 1.38. The molecule has 35 heavy (non-hydrogen) atoms. The van der Waals surface area contributed by atoms with Gasteiger partial charge in [-0.3, -0.25) is 4.79 Å². The molecule has 0 saturated heterocycles. The van der Waals surface area contributed by atoms with E-state index in [1.807, 2.05) is 36.4 Å². The van der Waals surface area contributed by atoms with E-state index in [9.17, 15) is 14.4 Å². The molecule has 180 valence electrons. The molecular weight excluding hydrogens is 448 g/mol. The molecule has 0 radical (unpaired) electrons. The van der Waals surface area contributed by atoms with Gasteiger partial charge in [0.15, 0.2) is 0 Å². The van der Waals surface area contributed by atoms with Crippen molar-refractivity contribution >= 4 is 18.0 Å². The molecule has 1 aliphatic carbocycles. The number of benzene rings is 2. The second-order valence-corrected chi connectivity index (χ2v) is 8.31. The lowest BCUT2D eigenvalue weighted by Gasteiger charge is -2.23. The number of amides is 2. The van der Waals surface area contributed by atoms with Crippen LogP contribution in [0.1, 0.15) is 39.8 Å². The van der Waals surface area contributed by atoms with Gasteiger partial charge in [0.2, 0.25) is 11.7 Å². The maximum absolute atomic E-state index is 13.0. The largest absolute Gasteiger partial charge is 0.475 e. The van der Waals surface area contributed by atoms with Crippen molar-refractivity contribution in [2.45, 2.75) is 24.9 Å². The number of nitrogens with zero attached hydrogens (tertiary/aromatic N) is 1. The smallest absolute Gasteiger partial charge is 0.407 e. The van der Waals surface area contributed by atoms with Crippen LogP contribution in [0.3, 0.4) is 0 Å².